The molecule has 0 saturated carbocycles. The Morgan fingerprint density at radius 2 is 0.667 bits per heavy atom. The molecule has 0 saturated heterocycles. The number of hydrogen-bond acceptors (Lipinski definition) is 8. The number of ether oxygens (including phenoxy) is 4. The maximum Gasteiger partial charge on any atom is 0.339 e. The van der Waals surface area contributed by atoms with Crippen LogP contribution in [0.25, 0.3) is 0 Å². The minimum Gasteiger partial charge on any atom is -0.462 e. The van der Waals surface area contributed by atoms with Crippen LogP contribution in [0, 0.1) is 0 Å². The highest BCUT2D eigenvalue weighted by Gasteiger charge is 2.33. The second kappa shape index (κ2) is 23.6. The minimum atomic E-state index is -0.861. The molecule has 0 radical (unpaired) electrons. The maximum absolute atomic E-state index is 13.5. The van der Waals surface area contributed by atoms with Crippen molar-refractivity contribution in [2.45, 2.75) is 130 Å². The molecule has 1 rings (SSSR count). The average Bonchev–Trinajstić information content (AvgIpc) is 2.99. The molecule has 0 unspecified atom stereocenters. The van der Waals surface area contributed by atoms with Gasteiger partial charge in [0.25, 0.3) is 0 Å². The van der Waals surface area contributed by atoms with Crippen LogP contribution in [-0.4, -0.2) is 50.3 Å². The molecule has 0 aliphatic heterocycles. The summed E-state index contributed by atoms with van der Waals surface area (Å²) >= 11 is 0. The molecule has 0 bridgehead atoms. The second-order valence-corrected chi connectivity index (χ2v) is 10.7. The topological polar surface area (TPSA) is 105 Å². The smallest absolute Gasteiger partial charge is 0.339 e. The van der Waals surface area contributed by atoms with Gasteiger partial charge in [-0.25, -0.2) is 19.2 Å². The summed E-state index contributed by atoms with van der Waals surface area (Å²) in [5, 5.41) is 0. The number of hydrogen-bond donors (Lipinski definition) is 0. The van der Waals surface area contributed by atoms with Crippen molar-refractivity contribution in [2.75, 3.05) is 26.4 Å². The molecule has 0 aromatic heterocycles. The first-order chi connectivity index (χ1) is 20.4. The first kappa shape index (κ1) is 37.1. The van der Waals surface area contributed by atoms with Gasteiger partial charge in [-0.15, -0.1) is 0 Å². The lowest BCUT2D eigenvalue weighted by Gasteiger charge is -2.17. The van der Waals surface area contributed by atoms with E-state index < -0.39 is 23.9 Å². The molecule has 42 heavy (non-hydrogen) atoms. The Hall–Kier alpha value is -2.90. The van der Waals surface area contributed by atoms with E-state index in [2.05, 4.69) is 27.7 Å². The van der Waals surface area contributed by atoms with Crippen LogP contribution in [-0.2, 0) is 18.9 Å². The van der Waals surface area contributed by atoms with Gasteiger partial charge < -0.3 is 18.9 Å². The van der Waals surface area contributed by atoms with Crippen molar-refractivity contribution >= 4 is 23.9 Å². The molecule has 1 aromatic rings. The summed E-state index contributed by atoms with van der Waals surface area (Å²) in [4.78, 5) is 53.3. The van der Waals surface area contributed by atoms with Gasteiger partial charge in [-0.2, -0.15) is 0 Å². The van der Waals surface area contributed by atoms with E-state index >= 15 is 0 Å². The Kier molecular flexibility index (Phi) is 20.9. The van der Waals surface area contributed by atoms with Crippen LogP contribution in [0.1, 0.15) is 172 Å². The zero-order chi connectivity index (χ0) is 31.0. The van der Waals surface area contributed by atoms with Crippen molar-refractivity contribution in [1.82, 2.24) is 0 Å². The van der Waals surface area contributed by atoms with Crippen molar-refractivity contribution < 1.29 is 38.1 Å². The Bertz CT molecular complexity index is 865. The van der Waals surface area contributed by atoms with Gasteiger partial charge in [0.2, 0.25) is 0 Å². The van der Waals surface area contributed by atoms with Crippen LogP contribution >= 0.6 is 0 Å². The van der Waals surface area contributed by atoms with E-state index in [1.807, 2.05) is 0 Å². The zero-order valence-electron chi connectivity index (χ0n) is 26.6. The first-order valence-electron chi connectivity index (χ1n) is 16.3. The molecule has 0 fully saturated rings. The highest BCUT2D eigenvalue weighted by Crippen LogP contribution is 2.25. The van der Waals surface area contributed by atoms with Gasteiger partial charge in [0, 0.05) is 0 Å². The van der Waals surface area contributed by atoms with Crippen molar-refractivity contribution in [2.24, 2.45) is 0 Å². The standard InChI is InChI=1S/C34H54O8/c1-5-9-13-17-23-39-31(35)27-21-22-28(32(36)40-24-18-14-10-6-2)30(34(38)42-26-20-16-12-8-4)29(27)33(37)41-25-19-15-11-7-3/h21-22H,5-20,23-26H2,1-4H3. The molecule has 0 spiro atoms. The summed E-state index contributed by atoms with van der Waals surface area (Å²) in [6.07, 6.45) is 14.4. The number of carbonyl (C=O) groups is 4. The van der Waals surface area contributed by atoms with E-state index in [9.17, 15) is 19.2 Å². The third-order valence-electron chi connectivity index (χ3n) is 6.98. The van der Waals surface area contributed by atoms with E-state index in [1.165, 1.54) is 12.1 Å². The summed E-state index contributed by atoms with van der Waals surface area (Å²) in [7, 11) is 0. The quantitative estimate of drug-likeness (QED) is 0.0669. The van der Waals surface area contributed by atoms with Gasteiger partial charge >= 0.3 is 23.9 Å². The second-order valence-electron chi connectivity index (χ2n) is 10.7. The normalized spacial score (nSPS) is 10.8. The Balaban J connectivity index is 3.39. The van der Waals surface area contributed by atoms with Gasteiger partial charge in [-0.3, -0.25) is 0 Å². The Morgan fingerprint density at radius 1 is 0.405 bits per heavy atom. The summed E-state index contributed by atoms with van der Waals surface area (Å²) < 4.78 is 22.0. The molecule has 1 aromatic carbocycles. The lowest BCUT2D eigenvalue weighted by atomic mass is 9.95. The number of carbonyl (C=O) groups excluding carboxylic acids is 4. The highest BCUT2D eigenvalue weighted by molar-refractivity contribution is 6.15. The summed E-state index contributed by atoms with van der Waals surface area (Å²) in [6, 6.07) is 2.68. The third-order valence-corrected chi connectivity index (χ3v) is 6.98. The van der Waals surface area contributed by atoms with Crippen molar-refractivity contribution in [1.29, 1.82) is 0 Å². The number of esters is 4. The van der Waals surface area contributed by atoms with Gasteiger partial charge in [0.15, 0.2) is 0 Å². The molecular weight excluding hydrogens is 536 g/mol. The van der Waals surface area contributed by atoms with Gasteiger partial charge in [0.05, 0.1) is 48.7 Å². The molecule has 0 aliphatic carbocycles. The fourth-order valence-corrected chi connectivity index (χ4v) is 4.44. The van der Waals surface area contributed by atoms with Crippen LogP contribution < -0.4 is 0 Å². The number of benzene rings is 1. The molecule has 0 N–H and O–H groups in total. The van der Waals surface area contributed by atoms with Gasteiger partial charge in [-0.05, 0) is 37.8 Å². The lowest BCUT2D eigenvalue weighted by Crippen LogP contribution is -2.24. The van der Waals surface area contributed by atoms with Crippen molar-refractivity contribution in [3.63, 3.8) is 0 Å². The van der Waals surface area contributed by atoms with Crippen LogP contribution in [0.2, 0.25) is 0 Å². The molecule has 8 heteroatoms. The Labute approximate surface area is 253 Å². The fourth-order valence-electron chi connectivity index (χ4n) is 4.44. The van der Waals surface area contributed by atoms with Gasteiger partial charge in [-0.1, -0.05) is 105 Å². The van der Waals surface area contributed by atoms with Crippen LogP contribution in [0.15, 0.2) is 12.1 Å². The van der Waals surface area contributed by atoms with Crippen LogP contribution in [0.4, 0.5) is 0 Å². The molecular formula is C34H54O8. The first-order valence-corrected chi connectivity index (χ1v) is 16.3. The van der Waals surface area contributed by atoms with E-state index in [1.54, 1.807) is 0 Å². The van der Waals surface area contributed by atoms with Crippen molar-refractivity contribution in [3.8, 4) is 0 Å². The fraction of sp³-hybridized carbons (Fsp3) is 0.706. The Morgan fingerprint density at radius 3 is 0.929 bits per heavy atom. The van der Waals surface area contributed by atoms with Crippen LogP contribution in [0.3, 0.4) is 0 Å². The lowest BCUT2D eigenvalue weighted by molar-refractivity contribution is 0.0415. The molecule has 0 atom stereocenters. The van der Waals surface area contributed by atoms with E-state index in [-0.39, 0.29) is 48.7 Å². The molecule has 0 aliphatic rings. The van der Waals surface area contributed by atoms with Gasteiger partial charge in [0.1, 0.15) is 0 Å². The number of unbranched alkanes of at least 4 members (excludes halogenated alkanes) is 12. The number of rotatable bonds is 24. The molecule has 8 nitrogen and oxygen atoms in total. The zero-order valence-corrected chi connectivity index (χ0v) is 26.6. The van der Waals surface area contributed by atoms with E-state index in [4.69, 9.17) is 18.9 Å². The highest BCUT2D eigenvalue weighted by atomic mass is 16.5. The minimum absolute atomic E-state index is 0.124. The van der Waals surface area contributed by atoms with Crippen molar-refractivity contribution in [3.05, 3.63) is 34.4 Å². The summed E-state index contributed by atoms with van der Waals surface area (Å²) in [5.74, 6) is -3.22. The SMILES string of the molecule is CCCCCCOC(=O)c1ccc(C(=O)OCCCCCC)c(C(=O)OCCCCCC)c1C(=O)OCCCCCC. The summed E-state index contributed by atoms with van der Waals surface area (Å²) in [5.41, 5.74) is -0.853. The van der Waals surface area contributed by atoms with E-state index in [0.717, 1.165) is 77.0 Å². The maximum atomic E-state index is 13.5. The third kappa shape index (κ3) is 14.3. The predicted molar refractivity (Wildman–Crippen MR) is 164 cm³/mol. The average molecular weight is 591 g/mol. The molecule has 0 heterocycles. The largest absolute Gasteiger partial charge is 0.462 e. The molecule has 0 amide bonds. The monoisotopic (exact) mass is 590 g/mol. The predicted octanol–water partition coefficient (Wildman–Crippen LogP) is 8.64. The van der Waals surface area contributed by atoms with E-state index in [0.29, 0.717) is 25.7 Å². The molecule has 238 valence electrons. The van der Waals surface area contributed by atoms with Crippen LogP contribution in [0.5, 0.6) is 0 Å². The summed E-state index contributed by atoms with van der Waals surface area (Å²) in [6.45, 7) is 8.97.